The van der Waals surface area contributed by atoms with Crippen molar-refractivity contribution < 1.29 is 9.50 Å². The number of hydrogen-bond acceptors (Lipinski definition) is 1. The summed E-state index contributed by atoms with van der Waals surface area (Å²) in [5.41, 5.74) is 1.81. The molecule has 10 heavy (non-hydrogen) atoms. The van der Waals surface area contributed by atoms with Crippen molar-refractivity contribution in [1.82, 2.24) is 0 Å². The van der Waals surface area contributed by atoms with Gasteiger partial charge in [-0.1, -0.05) is 6.07 Å². The molecule has 2 rings (SSSR count). The van der Waals surface area contributed by atoms with Crippen LogP contribution >= 0.6 is 0 Å². The van der Waals surface area contributed by atoms with Gasteiger partial charge in [0.05, 0.1) is 6.10 Å². The van der Waals surface area contributed by atoms with Crippen LogP contribution in [0.15, 0.2) is 18.2 Å². The highest BCUT2D eigenvalue weighted by Gasteiger charge is 2.23. The molecule has 0 radical (unpaired) electrons. The van der Waals surface area contributed by atoms with Crippen LogP contribution in [0.5, 0.6) is 0 Å². The van der Waals surface area contributed by atoms with E-state index in [1.54, 1.807) is 6.07 Å². The van der Waals surface area contributed by atoms with E-state index in [0.717, 1.165) is 11.1 Å². The topological polar surface area (TPSA) is 20.2 Å². The standard InChI is InChI=1S/C8H7FO/c9-6-1-2-7-5(3-6)4-8(7)10/h1-3,8,10H,4H2. The summed E-state index contributed by atoms with van der Waals surface area (Å²) >= 11 is 0. The zero-order valence-corrected chi connectivity index (χ0v) is 5.34. The largest absolute Gasteiger partial charge is 0.388 e. The van der Waals surface area contributed by atoms with Crippen molar-refractivity contribution in [2.75, 3.05) is 0 Å². The summed E-state index contributed by atoms with van der Waals surface area (Å²) < 4.78 is 12.4. The van der Waals surface area contributed by atoms with Crippen LogP contribution in [0.3, 0.4) is 0 Å². The highest BCUT2D eigenvalue weighted by atomic mass is 19.1. The van der Waals surface area contributed by atoms with E-state index in [1.165, 1.54) is 12.1 Å². The third kappa shape index (κ3) is 0.656. The molecule has 0 saturated heterocycles. The van der Waals surface area contributed by atoms with E-state index in [1.807, 2.05) is 0 Å². The summed E-state index contributed by atoms with van der Waals surface area (Å²) in [7, 11) is 0. The molecular weight excluding hydrogens is 131 g/mol. The Hall–Kier alpha value is -0.890. The first-order valence-corrected chi connectivity index (χ1v) is 3.24. The molecule has 0 fully saturated rings. The Morgan fingerprint density at radius 1 is 1.50 bits per heavy atom. The fraction of sp³-hybridized carbons (Fsp3) is 0.250. The van der Waals surface area contributed by atoms with Gasteiger partial charge in [-0.25, -0.2) is 4.39 Å². The monoisotopic (exact) mass is 138 g/mol. The van der Waals surface area contributed by atoms with Gasteiger partial charge >= 0.3 is 0 Å². The third-order valence-electron chi connectivity index (χ3n) is 1.88. The Kier molecular flexibility index (Phi) is 1.05. The molecule has 1 aromatic rings. The first-order valence-electron chi connectivity index (χ1n) is 3.24. The van der Waals surface area contributed by atoms with Crippen molar-refractivity contribution in [2.24, 2.45) is 0 Å². The molecule has 0 saturated carbocycles. The van der Waals surface area contributed by atoms with E-state index in [2.05, 4.69) is 0 Å². The minimum atomic E-state index is -0.351. The second kappa shape index (κ2) is 1.80. The van der Waals surface area contributed by atoms with E-state index in [0.29, 0.717) is 6.42 Å². The van der Waals surface area contributed by atoms with Crippen molar-refractivity contribution in [1.29, 1.82) is 0 Å². The Morgan fingerprint density at radius 2 is 2.30 bits per heavy atom. The third-order valence-corrected chi connectivity index (χ3v) is 1.88. The molecule has 1 N–H and O–H groups in total. The number of rotatable bonds is 0. The summed E-state index contributed by atoms with van der Waals surface area (Å²) in [4.78, 5) is 0. The maximum atomic E-state index is 12.4. The van der Waals surface area contributed by atoms with Crippen LogP contribution in [0.2, 0.25) is 0 Å². The average Bonchev–Trinajstić information content (AvgIpc) is 1.86. The first kappa shape index (κ1) is 5.86. The molecule has 0 bridgehead atoms. The minimum Gasteiger partial charge on any atom is -0.388 e. The Balaban J connectivity index is 2.49. The maximum absolute atomic E-state index is 12.4. The van der Waals surface area contributed by atoms with Gasteiger partial charge in [-0.3, -0.25) is 0 Å². The molecule has 1 atom stereocenters. The number of aliphatic hydroxyl groups is 1. The van der Waals surface area contributed by atoms with Gasteiger partial charge in [-0.2, -0.15) is 0 Å². The van der Waals surface area contributed by atoms with Crippen molar-refractivity contribution in [2.45, 2.75) is 12.5 Å². The van der Waals surface area contributed by atoms with Crippen LogP contribution in [0, 0.1) is 5.82 Å². The van der Waals surface area contributed by atoms with Crippen molar-refractivity contribution in [3.63, 3.8) is 0 Å². The van der Waals surface area contributed by atoms with Gasteiger partial charge in [0.15, 0.2) is 0 Å². The SMILES string of the molecule is OC1Cc2cc(F)ccc21. The molecule has 1 unspecified atom stereocenters. The van der Waals surface area contributed by atoms with E-state index >= 15 is 0 Å². The molecule has 0 heterocycles. The lowest BCUT2D eigenvalue weighted by Gasteiger charge is -2.24. The Morgan fingerprint density at radius 3 is 2.90 bits per heavy atom. The molecule has 1 aromatic carbocycles. The quantitative estimate of drug-likeness (QED) is 0.574. The molecule has 0 aliphatic heterocycles. The van der Waals surface area contributed by atoms with Crippen LogP contribution in [-0.2, 0) is 6.42 Å². The molecule has 1 aliphatic rings. The van der Waals surface area contributed by atoms with Gasteiger partial charge < -0.3 is 5.11 Å². The van der Waals surface area contributed by atoms with E-state index in [4.69, 9.17) is 5.11 Å². The normalized spacial score (nSPS) is 21.6. The maximum Gasteiger partial charge on any atom is 0.123 e. The number of halogens is 1. The molecule has 0 aromatic heterocycles. The van der Waals surface area contributed by atoms with E-state index < -0.39 is 0 Å². The fourth-order valence-electron chi connectivity index (χ4n) is 1.26. The van der Waals surface area contributed by atoms with Crippen LogP contribution in [0.25, 0.3) is 0 Å². The fourth-order valence-corrected chi connectivity index (χ4v) is 1.26. The first-order chi connectivity index (χ1) is 4.77. The molecular formula is C8H7FO. The van der Waals surface area contributed by atoms with Gasteiger partial charge in [-0.15, -0.1) is 0 Å². The highest BCUT2D eigenvalue weighted by Crippen LogP contribution is 2.32. The van der Waals surface area contributed by atoms with E-state index in [-0.39, 0.29) is 11.9 Å². The van der Waals surface area contributed by atoms with Gasteiger partial charge in [0.2, 0.25) is 0 Å². The minimum absolute atomic E-state index is 0.217. The number of benzene rings is 1. The molecule has 0 amide bonds. The van der Waals surface area contributed by atoms with Crippen LogP contribution in [0.4, 0.5) is 4.39 Å². The highest BCUT2D eigenvalue weighted by molar-refractivity contribution is 5.38. The predicted octanol–water partition coefficient (Wildman–Crippen LogP) is 1.42. The summed E-state index contributed by atoms with van der Waals surface area (Å²) in [6, 6.07) is 4.49. The van der Waals surface area contributed by atoms with Gasteiger partial charge in [0.25, 0.3) is 0 Å². The van der Waals surface area contributed by atoms with Crippen molar-refractivity contribution >= 4 is 0 Å². The molecule has 0 spiro atoms. The Bertz CT molecular complexity index is 270. The lowest BCUT2D eigenvalue weighted by Crippen LogP contribution is -2.16. The molecule has 1 aliphatic carbocycles. The van der Waals surface area contributed by atoms with Crippen molar-refractivity contribution in [3.05, 3.63) is 35.1 Å². The number of aliphatic hydroxyl groups excluding tert-OH is 1. The lowest BCUT2D eigenvalue weighted by molar-refractivity contribution is 0.153. The zero-order chi connectivity index (χ0) is 7.14. The summed E-state index contributed by atoms with van der Waals surface area (Å²) in [5.74, 6) is -0.217. The van der Waals surface area contributed by atoms with Crippen LogP contribution in [0.1, 0.15) is 17.2 Å². The second-order valence-electron chi connectivity index (χ2n) is 2.56. The number of fused-ring (bicyclic) bond motifs is 1. The smallest absolute Gasteiger partial charge is 0.123 e. The van der Waals surface area contributed by atoms with Gasteiger partial charge in [0.1, 0.15) is 5.82 Å². The predicted molar refractivity (Wildman–Crippen MR) is 35.1 cm³/mol. The van der Waals surface area contributed by atoms with Crippen LogP contribution < -0.4 is 0 Å². The second-order valence-corrected chi connectivity index (χ2v) is 2.56. The average molecular weight is 138 g/mol. The summed E-state index contributed by atoms with van der Waals surface area (Å²) in [6.07, 6.45) is 0.253. The summed E-state index contributed by atoms with van der Waals surface area (Å²) in [6.45, 7) is 0. The lowest BCUT2D eigenvalue weighted by atomic mass is 9.86. The van der Waals surface area contributed by atoms with Crippen LogP contribution in [-0.4, -0.2) is 5.11 Å². The Labute approximate surface area is 58.1 Å². The molecule has 1 nitrogen and oxygen atoms in total. The molecule has 52 valence electrons. The number of hydrogen-bond donors (Lipinski definition) is 1. The van der Waals surface area contributed by atoms with Crippen molar-refractivity contribution in [3.8, 4) is 0 Å². The summed E-state index contributed by atoms with van der Waals surface area (Å²) in [5, 5.41) is 9.07. The van der Waals surface area contributed by atoms with Gasteiger partial charge in [-0.05, 0) is 23.3 Å². The zero-order valence-electron chi connectivity index (χ0n) is 5.34. The van der Waals surface area contributed by atoms with Gasteiger partial charge in [0, 0.05) is 6.42 Å². The molecule has 2 heteroatoms. The van der Waals surface area contributed by atoms with E-state index in [9.17, 15) is 4.39 Å².